The Labute approximate surface area is 237 Å². The predicted octanol–water partition coefficient (Wildman–Crippen LogP) is 8.75. The standard InChI is InChI=1S/C36H31N3Si/c1-40(2,3)33-24-22-29(23-25-33)27-16-14-26(15-17-27)28-18-20-32(21-19-28)36-38-34(30-10-6-4-7-11-30)37-35(39-36)31-12-8-5-9-13-31/h4-25H,1-3H3. The minimum atomic E-state index is -1.29. The first-order chi connectivity index (χ1) is 19.4. The lowest BCUT2D eigenvalue weighted by molar-refractivity contribution is 1.07. The first-order valence-electron chi connectivity index (χ1n) is 13.6. The van der Waals surface area contributed by atoms with Crippen molar-refractivity contribution in [2.75, 3.05) is 0 Å². The van der Waals surface area contributed by atoms with E-state index < -0.39 is 8.07 Å². The van der Waals surface area contributed by atoms with E-state index in [0.717, 1.165) is 22.3 Å². The van der Waals surface area contributed by atoms with Crippen LogP contribution < -0.4 is 5.19 Å². The van der Waals surface area contributed by atoms with E-state index in [1.165, 1.54) is 21.9 Å². The lowest BCUT2D eigenvalue weighted by atomic mass is 9.99. The van der Waals surface area contributed by atoms with Gasteiger partial charge < -0.3 is 0 Å². The molecule has 1 aromatic heterocycles. The second-order valence-corrected chi connectivity index (χ2v) is 16.1. The highest BCUT2D eigenvalue weighted by Crippen LogP contribution is 2.28. The topological polar surface area (TPSA) is 38.7 Å². The summed E-state index contributed by atoms with van der Waals surface area (Å²) in [6, 6.07) is 46.5. The molecule has 0 radical (unpaired) electrons. The maximum absolute atomic E-state index is 4.85. The molecule has 40 heavy (non-hydrogen) atoms. The highest BCUT2D eigenvalue weighted by Gasteiger charge is 2.16. The summed E-state index contributed by atoms with van der Waals surface area (Å²) in [4.78, 5) is 14.5. The molecule has 0 saturated heterocycles. The maximum atomic E-state index is 4.85. The van der Waals surface area contributed by atoms with Crippen LogP contribution in [0.15, 0.2) is 133 Å². The number of aromatic nitrogens is 3. The average molecular weight is 534 g/mol. The van der Waals surface area contributed by atoms with Crippen molar-refractivity contribution in [1.29, 1.82) is 0 Å². The van der Waals surface area contributed by atoms with Gasteiger partial charge in [0.05, 0.1) is 8.07 Å². The molecule has 0 saturated carbocycles. The van der Waals surface area contributed by atoms with Crippen LogP contribution in [0, 0.1) is 0 Å². The van der Waals surface area contributed by atoms with Gasteiger partial charge in [-0.2, -0.15) is 0 Å². The Morgan fingerprint density at radius 2 is 0.600 bits per heavy atom. The van der Waals surface area contributed by atoms with Crippen molar-refractivity contribution >= 4 is 13.3 Å². The van der Waals surface area contributed by atoms with Gasteiger partial charge in [-0.1, -0.05) is 158 Å². The molecule has 0 unspecified atom stereocenters. The third kappa shape index (κ3) is 5.53. The average Bonchev–Trinajstić information content (AvgIpc) is 3.01. The molecule has 0 aliphatic heterocycles. The number of benzene rings is 5. The van der Waals surface area contributed by atoms with E-state index >= 15 is 0 Å². The largest absolute Gasteiger partial charge is 0.208 e. The SMILES string of the molecule is C[Si](C)(C)c1ccc(-c2ccc(-c3ccc(-c4nc(-c5ccccc5)nc(-c5ccccc5)n4)cc3)cc2)cc1. The monoisotopic (exact) mass is 533 g/mol. The summed E-state index contributed by atoms with van der Waals surface area (Å²) in [5.74, 6) is 2.00. The number of rotatable bonds is 6. The maximum Gasteiger partial charge on any atom is 0.164 e. The lowest BCUT2D eigenvalue weighted by Gasteiger charge is -2.16. The lowest BCUT2D eigenvalue weighted by Crippen LogP contribution is -2.37. The minimum absolute atomic E-state index is 0.663. The van der Waals surface area contributed by atoms with Crippen molar-refractivity contribution in [2.24, 2.45) is 0 Å². The Bertz CT molecular complexity index is 1660. The fourth-order valence-corrected chi connectivity index (χ4v) is 5.93. The molecule has 4 heteroatoms. The molecule has 0 aliphatic carbocycles. The summed E-state index contributed by atoms with van der Waals surface area (Å²) >= 11 is 0. The molecule has 1 heterocycles. The van der Waals surface area contributed by atoms with Crippen LogP contribution in [-0.4, -0.2) is 23.0 Å². The Balaban J connectivity index is 1.29. The van der Waals surface area contributed by atoms with Crippen molar-refractivity contribution in [1.82, 2.24) is 15.0 Å². The molecule has 0 fully saturated rings. The summed E-state index contributed by atoms with van der Waals surface area (Å²) in [6.07, 6.45) is 0. The summed E-state index contributed by atoms with van der Waals surface area (Å²) in [5.41, 5.74) is 7.71. The smallest absolute Gasteiger partial charge is 0.164 e. The van der Waals surface area contributed by atoms with E-state index in [9.17, 15) is 0 Å². The predicted molar refractivity (Wildman–Crippen MR) is 170 cm³/mol. The van der Waals surface area contributed by atoms with Gasteiger partial charge in [0.25, 0.3) is 0 Å². The zero-order chi connectivity index (χ0) is 27.5. The third-order valence-electron chi connectivity index (χ3n) is 7.14. The summed E-state index contributed by atoms with van der Waals surface area (Å²) in [6.45, 7) is 7.15. The van der Waals surface area contributed by atoms with E-state index in [4.69, 9.17) is 15.0 Å². The first kappa shape index (κ1) is 25.6. The van der Waals surface area contributed by atoms with Crippen molar-refractivity contribution < 1.29 is 0 Å². The van der Waals surface area contributed by atoms with Crippen LogP contribution in [-0.2, 0) is 0 Å². The second kappa shape index (κ2) is 10.8. The molecular formula is C36H31N3Si. The Hall–Kier alpha value is -4.67. The van der Waals surface area contributed by atoms with Gasteiger partial charge in [-0.3, -0.25) is 0 Å². The van der Waals surface area contributed by atoms with Gasteiger partial charge in [0.15, 0.2) is 17.5 Å². The van der Waals surface area contributed by atoms with Gasteiger partial charge >= 0.3 is 0 Å². The van der Waals surface area contributed by atoms with Crippen LogP contribution in [0.3, 0.4) is 0 Å². The van der Waals surface area contributed by atoms with Gasteiger partial charge in [-0.25, -0.2) is 15.0 Å². The molecule has 0 bridgehead atoms. The van der Waals surface area contributed by atoms with Crippen molar-refractivity contribution in [2.45, 2.75) is 19.6 Å². The van der Waals surface area contributed by atoms with Crippen LogP contribution in [0.4, 0.5) is 0 Å². The van der Waals surface area contributed by atoms with Gasteiger partial charge in [0.2, 0.25) is 0 Å². The molecule has 0 N–H and O–H groups in total. The highest BCUT2D eigenvalue weighted by atomic mass is 28.3. The van der Waals surface area contributed by atoms with Crippen LogP contribution in [0.2, 0.25) is 19.6 Å². The minimum Gasteiger partial charge on any atom is -0.208 e. The van der Waals surface area contributed by atoms with Crippen LogP contribution in [0.1, 0.15) is 0 Å². The summed E-state index contributed by atoms with van der Waals surface area (Å²) < 4.78 is 0. The Kier molecular flexibility index (Phi) is 6.93. The highest BCUT2D eigenvalue weighted by molar-refractivity contribution is 6.88. The van der Waals surface area contributed by atoms with Gasteiger partial charge in [-0.05, 0) is 22.3 Å². The van der Waals surface area contributed by atoms with Crippen LogP contribution in [0.25, 0.3) is 56.4 Å². The van der Waals surface area contributed by atoms with Crippen molar-refractivity contribution in [3.05, 3.63) is 133 Å². The quantitative estimate of drug-likeness (QED) is 0.201. The fraction of sp³-hybridized carbons (Fsp3) is 0.0833. The van der Waals surface area contributed by atoms with Gasteiger partial charge in [-0.15, -0.1) is 0 Å². The number of nitrogens with zero attached hydrogens (tertiary/aromatic N) is 3. The zero-order valence-corrected chi connectivity index (χ0v) is 24.0. The molecule has 0 amide bonds. The van der Waals surface area contributed by atoms with Crippen LogP contribution >= 0.6 is 0 Å². The van der Waals surface area contributed by atoms with Gasteiger partial charge in [0, 0.05) is 16.7 Å². The molecule has 5 aromatic carbocycles. The fourth-order valence-electron chi connectivity index (χ4n) is 4.77. The second-order valence-electron chi connectivity index (χ2n) is 11.0. The number of hydrogen-bond acceptors (Lipinski definition) is 3. The summed E-state index contributed by atoms with van der Waals surface area (Å²) in [5, 5.41) is 1.48. The third-order valence-corrected chi connectivity index (χ3v) is 9.21. The first-order valence-corrected chi connectivity index (χ1v) is 17.1. The summed E-state index contributed by atoms with van der Waals surface area (Å²) in [7, 11) is -1.29. The molecular weight excluding hydrogens is 503 g/mol. The normalized spacial score (nSPS) is 11.4. The molecule has 0 spiro atoms. The molecule has 0 atom stereocenters. The van der Waals surface area contributed by atoms with Crippen LogP contribution in [0.5, 0.6) is 0 Å². The van der Waals surface area contributed by atoms with E-state index in [0.29, 0.717) is 17.5 Å². The van der Waals surface area contributed by atoms with Gasteiger partial charge in [0.1, 0.15) is 0 Å². The molecule has 3 nitrogen and oxygen atoms in total. The molecule has 194 valence electrons. The van der Waals surface area contributed by atoms with E-state index in [1.54, 1.807) is 0 Å². The molecule has 0 aliphatic rings. The van der Waals surface area contributed by atoms with E-state index in [1.807, 2.05) is 60.7 Å². The zero-order valence-electron chi connectivity index (χ0n) is 23.0. The Morgan fingerprint density at radius 3 is 0.925 bits per heavy atom. The molecule has 6 aromatic rings. The number of hydrogen-bond donors (Lipinski definition) is 0. The van der Waals surface area contributed by atoms with E-state index in [-0.39, 0.29) is 0 Å². The molecule has 6 rings (SSSR count). The van der Waals surface area contributed by atoms with Crippen molar-refractivity contribution in [3.8, 4) is 56.4 Å². The van der Waals surface area contributed by atoms with E-state index in [2.05, 4.69) is 92.4 Å². The Morgan fingerprint density at radius 1 is 0.325 bits per heavy atom. The van der Waals surface area contributed by atoms with Crippen molar-refractivity contribution in [3.63, 3.8) is 0 Å².